The van der Waals surface area contributed by atoms with Crippen LogP contribution in [0.5, 0.6) is 0 Å². The Kier molecular flexibility index (Phi) is 4.77. The summed E-state index contributed by atoms with van der Waals surface area (Å²) in [7, 11) is 0. The Labute approximate surface area is 149 Å². The van der Waals surface area contributed by atoms with Crippen LogP contribution in [0.3, 0.4) is 0 Å². The van der Waals surface area contributed by atoms with Gasteiger partial charge in [0.1, 0.15) is 0 Å². The number of aromatic nitrogens is 2. The third-order valence-electron chi connectivity index (χ3n) is 5.54. The van der Waals surface area contributed by atoms with Crippen molar-refractivity contribution in [3.8, 4) is 0 Å². The van der Waals surface area contributed by atoms with Crippen LogP contribution in [0.25, 0.3) is 0 Å². The first kappa shape index (κ1) is 16.2. The number of piperidine rings is 1. The van der Waals surface area contributed by atoms with E-state index in [-0.39, 0.29) is 5.91 Å². The minimum absolute atomic E-state index is 0.240. The number of aryl methyl sites for hydroxylation is 2. The first-order valence-electron chi connectivity index (χ1n) is 9.44. The normalized spacial score (nSPS) is 20.2. The second-order valence-corrected chi connectivity index (χ2v) is 7.30. The number of amides is 1. The molecule has 0 N–H and O–H groups in total. The van der Waals surface area contributed by atoms with E-state index >= 15 is 0 Å². The van der Waals surface area contributed by atoms with Gasteiger partial charge < -0.3 is 4.90 Å². The van der Waals surface area contributed by atoms with Crippen molar-refractivity contribution < 1.29 is 4.79 Å². The quantitative estimate of drug-likeness (QED) is 0.864. The van der Waals surface area contributed by atoms with Crippen LogP contribution in [0.1, 0.15) is 54.0 Å². The topological polar surface area (TPSA) is 46.1 Å². The minimum Gasteiger partial charge on any atom is -0.342 e. The Bertz CT molecular complexity index is 744. The second-order valence-electron chi connectivity index (χ2n) is 7.30. The maximum absolute atomic E-state index is 12.8. The molecule has 4 nitrogen and oxygen atoms in total. The lowest BCUT2D eigenvalue weighted by atomic mass is 9.89. The molecular formula is C21H25N3O. The van der Waals surface area contributed by atoms with Crippen LogP contribution < -0.4 is 0 Å². The number of nitrogens with zero attached hydrogens (tertiary/aromatic N) is 3. The number of hydrogen-bond acceptors (Lipinski definition) is 3. The van der Waals surface area contributed by atoms with Crippen LogP contribution in [0.15, 0.2) is 36.8 Å². The SMILES string of the molecule is O=C(Cc1ccc2c(c1)CCCC2)N1CCC[C@H](c2cnccn2)C1. The summed E-state index contributed by atoms with van der Waals surface area (Å²) in [6.45, 7) is 1.63. The molecule has 0 radical (unpaired) electrons. The van der Waals surface area contributed by atoms with Crippen molar-refractivity contribution in [2.75, 3.05) is 13.1 Å². The minimum atomic E-state index is 0.240. The maximum Gasteiger partial charge on any atom is 0.227 e. The van der Waals surface area contributed by atoms with E-state index in [1.807, 2.05) is 11.1 Å². The largest absolute Gasteiger partial charge is 0.342 e. The van der Waals surface area contributed by atoms with Crippen molar-refractivity contribution in [1.82, 2.24) is 14.9 Å². The van der Waals surface area contributed by atoms with Gasteiger partial charge in [0.25, 0.3) is 0 Å². The number of hydrogen-bond donors (Lipinski definition) is 0. The van der Waals surface area contributed by atoms with Crippen LogP contribution in [-0.4, -0.2) is 33.9 Å². The first-order valence-corrected chi connectivity index (χ1v) is 9.44. The van der Waals surface area contributed by atoms with E-state index in [0.29, 0.717) is 12.3 Å². The highest BCUT2D eigenvalue weighted by atomic mass is 16.2. The van der Waals surface area contributed by atoms with Crippen molar-refractivity contribution >= 4 is 5.91 Å². The molecule has 0 saturated carbocycles. The molecule has 1 fully saturated rings. The van der Waals surface area contributed by atoms with E-state index in [2.05, 4.69) is 28.2 Å². The van der Waals surface area contributed by atoms with Gasteiger partial charge in [0, 0.05) is 37.6 Å². The Balaban J connectivity index is 1.42. The molecule has 2 aliphatic rings. The molecule has 0 unspecified atom stereocenters. The molecule has 0 bridgehead atoms. The lowest BCUT2D eigenvalue weighted by molar-refractivity contribution is -0.131. The Morgan fingerprint density at radius 3 is 2.84 bits per heavy atom. The monoisotopic (exact) mass is 335 g/mol. The summed E-state index contributed by atoms with van der Waals surface area (Å²) >= 11 is 0. The molecule has 4 heteroatoms. The van der Waals surface area contributed by atoms with Crippen molar-refractivity contribution in [2.45, 2.75) is 50.9 Å². The smallest absolute Gasteiger partial charge is 0.227 e. The van der Waals surface area contributed by atoms with Crippen molar-refractivity contribution in [1.29, 1.82) is 0 Å². The van der Waals surface area contributed by atoms with Crippen LogP contribution >= 0.6 is 0 Å². The highest BCUT2D eigenvalue weighted by Gasteiger charge is 2.25. The second kappa shape index (κ2) is 7.34. The van der Waals surface area contributed by atoms with E-state index in [9.17, 15) is 4.79 Å². The molecular weight excluding hydrogens is 310 g/mol. The van der Waals surface area contributed by atoms with Crippen molar-refractivity contribution in [3.05, 3.63) is 59.2 Å². The molecule has 2 heterocycles. The van der Waals surface area contributed by atoms with E-state index in [1.165, 1.54) is 30.4 Å². The predicted octanol–water partition coefficient (Wildman–Crippen LogP) is 3.30. The van der Waals surface area contributed by atoms with E-state index < -0.39 is 0 Å². The lowest BCUT2D eigenvalue weighted by Gasteiger charge is -2.32. The molecule has 1 aliphatic carbocycles. The number of benzene rings is 1. The van der Waals surface area contributed by atoms with Gasteiger partial charge in [-0.15, -0.1) is 0 Å². The molecule has 1 saturated heterocycles. The van der Waals surface area contributed by atoms with Crippen molar-refractivity contribution in [2.24, 2.45) is 0 Å². The summed E-state index contributed by atoms with van der Waals surface area (Å²) in [5.41, 5.74) is 5.09. The van der Waals surface area contributed by atoms with E-state index in [0.717, 1.165) is 43.6 Å². The fourth-order valence-corrected chi connectivity index (χ4v) is 4.15. The number of carbonyl (C=O) groups is 1. The molecule has 0 spiro atoms. The summed E-state index contributed by atoms with van der Waals surface area (Å²) in [5, 5.41) is 0. The highest BCUT2D eigenvalue weighted by Crippen LogP contribution is 2.26. The molecule has 1 amide bonds. The fraction of sp³-hybridized carbons (Fsp3) is 0.476. The Morgan fingerprint density at radius 1 is 1.12 bits per heavy atom. The zero-order chi connectivity index (χ0) is 17.1. The highest BCUT2D eigenvalue weighted by molar-refractivity contribution is 5.79. The zero-order valence-corrected chi connectivity index (χ0v) is 14.7. The molecule has 1 aliphatic heterocycles. The lowest BCUT2D eigenvalue weighted by Crippen LogP contribution is -2.40. The number of fused-ring (bicyclic) bond motifs is 1. The van der Waals surface area contributed by atoms with Gasteiger partial charge in [-0.1, -0.05) is 18.2 Å². The van der Waals surface area contributed by atoms with Crippen LogP contribution in [0.4, 0.5) is 0 Å². The maximum atomic E-state index is 12.8. The number of likely N-dealkylation sites (tertiary alicyclic amines) is 1. The summed E-state index contributed by atoms with van der Waals surface area (Å²) in [6, 6.07) is 6.64. The summed E-state index contributed by atoms with van der Waals surface area (Å²) in [4.78, 5) is 23.4. The van der Waals surface area contributed by atoms with Crippen molar-refractivity contribution in [3.63, 3.8) is 0 Å². The summed E-state index contributed by atoms with van der Waals surface area (Å²) in [6.07, 6.45) is 12.8. The third-order valence-corrected chi connectivity index (χ3v) is 5.54. The third kappa shape index (κ3) is 3.73. The fourth-order valence-electron chi connectivity index (χ4n) is 4.15. The van der Waals surface area contributed by atoms with Crippen LogP contribution in [-0.2, 0) is 24.1 Å². The van der Waals surface area contributed by atoms with Crippen LogP contribution in [0.2, 0.25) is 0 Å². The molecule has 2 aromatic rings. The van der Waals surface area contributed by atoms with Gasteiger partial charge in [0.2, 0.25) is 5.91 Å². The van der Waals surface area contributed by atoms with Gasteiger partial charge in [0.05, 0.1) is 12.1 Å². The summed E-state index contributed by atoms with van der Waals surface area (Å²) in [5.74, 6) is 0.555. The number of rotatable bonds is 3. The molecule has 1 atom stereocenters. The van der Waals surface area contributed by atoms with Gasteiger partial charge in [-0.05, 0) is 55.2 Å². The van der Waals surface area contributed by atoms with Gasteiger partial charge in [-0.2, -0.15) is 0 Å². The van der Waals surface area contributed by atoms with Gasteiger partial charge >= 0.3 is 0 Å². The Morgan fingerprint density at radius 2 is 2.00 bits per heavy atom. The standard InChI is InChI=1S/C21H25N3O/c25-21(13-16-7-8-17-4-1-2-5-18(17)12-16)24-11-3-6-19(15-24)20-14-22-9-10-23-20/h7-10,12,14,19H,1-6,11,13,15H2/t19-/m0/s1. The summed E-state index contributed by atoms with van der Waals surface area (Å²) < 4.78 is 0. The molecule has 1 aromatic carbocycles. The number of carbonyl (C=O) groups excluding carboxylic acids is 1. The van der Waals surface area contributed by atoms with E-state index in [4.69, 9.17) is 0 Å². The average molecular weight is 335 g/mol. The van der Waals surface area contributed by atoms with Gasteiger partial charge in [0.15, 0.2) is 0 Å². The molecule has 1 aromatic heterocycles. The molecule has 25 heavy (non-hydrogen) atoms. The van der Waals surface area contributed by atoms with E-state index in [1.54, 1.807) is 12.4 Å². The molecule has 130 valence electrons. The zero-order valence-electron chi connectivity index (χ0n) is 14.7. The van der Waals surface area contributed by atoms with Gasteiger partial charge in [-0.3, -0.25) is 14.8 Å². The average Bonchev–Trinajstić information content (AvgIpc) is 2.69. The van der Waals surface area contributed by atoms with Crippen LogP contribution in [0, 0.1) is 0 Å². The first-order chi connectivity index (χ1) is 12.3. The van der Waals surface area contributed by atoms with Gasteiger partial charge in [-0.25, -0.2) is 0 Å². The Hall–Kier alpha value is -2.23. The molecule has 4 rings (SSSR count). The predicted molar refractivity (Wildman–Crippen MR) is 97.4 cm³/mol.